The van der Waals surface area contributed by atoms with Crippen molar-refractivity contribution >= 4 is 18.3 Å². The zero-order valence-corrected chi connectivity index (χ0v) is 6.61. The highest BCUT2D eigenvalue weighted by atomic mass is 19.3. The zero-order chi connectivity index (χ0) is 10.0. The molecular weight excluding hydrogens is 179 g/mol. The van der Waals surface area contributed by atoms with Crippen LogP contribution in [0.4, 0.5) is 14.5 Å². The van der Waals surface area contributed by atoms with Crippen LogP contribution in [0.5, 0.6) is 0 Å². The van der Waals surface area contributed by atoms with Gasteiger partial charge in [-0.05, 0) is 17.6 Å². The van der Waals surface area contributed by atoms with Crippen molar-refractivity contribution in [1.29, 1.82) is 0 Å². The van der Waals surface area contributed by atoms with Gasteiger partial charge in [-0.15, -0.1) is 0 Å². The lowest BCUT2D eigenvalue weighted by Crippen LogP contribution is -2.30. The van der Waals surface area contributed by atoms with Crippen LogP contribution in [-0.2, 0) is 0 Å². The van der Waals surface area contributed by atoms with Gasteiger partial charge in [-0.3, -0.25) is 0 Å². The first-order valence-corrected chi connectivity index (χ1v) is 3.55. The molecule has 0 spiro atoms. The number of nitrogens with two attached hydrogens (primary N) is 1. The van der Waals surface area contributed by atoms with Crippen LogP contribution in [-0.4, -0.2) is 17.2 Å². The molecule has 1 rings (SSSR count). The van der Waals surface area contributed by atoms with Crippen molar-refractivity contribution in [2.45, 2.75) is 6.43 Å². The zero-order valence-electron chi connectivity index (χ0n) is 6.61. The van der Waals surface area contributed by atoms with E-state index in [9.17, 15) is 8.78 Å². The summed E-state index contributed by atoms with van der Waals surface area (Å²) in [6.45, 7) is 0. The molecule has 3 nitrogen and oxygen atoms in total. The molecule has 0 saturated heterocycles. The monoisotopic (exact) mass is 187 g/mol. The molecule has 0 aliphatic carbocycles. The van der Waals surface area contributed by atoms with Crippen molar-refractivity contribution < 1.29 is 18.8 Å². The molecule has 0 aliphatic heterocycles. The highest BCUT2D eigenvalue weighted by molar-refractivity contribution is 6.58. The molecule has 70 valence electrons. The van der Waals surface area contributed by atoms with Crippen molar-refractivity contribution in [3.8, 4) is 0 Å². The Hall–Kier alpha value is -1.14. The summed E-state index contributed by atoms with van der Waals surface area (Å²) < 4.78 is 24.3. The van der Waals surface area contributed by atoms with Crippen LogP contribution in [0.3, 0.4) is 0 Å². The number of anilines is 1. The first kappa shape index (κ1) is 9.95. The highest BCUT2D eigenvalue weighted by Gasteiger charge is 2.15. The SMILES string of the molecule is Nc1cc(B(O)O)cc(C(F)F)c1. The lowest BCUT2D eigenvalue weighted by molar-refractivity contribution is 0.151. The topological polar surface area (TPSA) is 66.5 Å². The molecule has 1 aromatic rings. The highest BCUT2D eigenvalue weighted by Crippen LogP contribution is 2.19. The van der Waals surface area contributed by atoms with Gasteiger partial charge in [-0.2, -0.15) is 0 Å². The van der Waals surface area contributed by atoms with E-state index >= 15 is 0 Å². The van der Waals surface area contributed by atoms with Crippen molar-refractivity contribution in [2.24, 2.45) is 0 Å². The Morgan fingerprint density at radius 1 is 1.23 bits per heavy atom. The van der Waals surface area contributed by atoms with Gasteiger partial charge in [0.1, 0.15) is 0 Å². The van der Waals surface area contributed by atoms with E-state index in [1.165, 1.54) is 6.07 Å². The van der Waals surface area contributed by atoms with E-state index in [0.29, 0.717) is 0 Å². The van der Waals surface area contributed by atoms with Crippen LogP contribution in [0.25, 0.3) is 0 Å². The molecule has 13 heavy (non-hydrogen) atoms. The average molecular weight is 187 g/mol. The Labute approximate surface area is 73.9 Å². The van der Waals surface area contributed by atoms with Crippen molar-refractivity contribution in [1.82, 2.24) is 0 Å². The third-order valence-electron chi connectivity index (χ3n) is 1.55. The van der Waals surface area contributed by atoms with E-state index < -0.39 is 13.5 Å². The Balaban J connectivity index is 3.11. The maximum atomic E-state index is 12.2. The predicted octanol–water partition coefficient (Wildman–Crippen LogP) is -0.114. The van der Waals surface area contributed by atoms with Gasteiger partial charge in [-0.25, -0.2) is 8.78 Å². The van der Waals surface area contributed by atoms with Crippen LogP contribution in [0.2, 0.25) is 0 Å². The Bertz CT molecular complexity index is 280. The van der Waals surface area contributed by atoms with Gasteiger partial charge in [0, 0.05) is 11.3 Å². The number of hydrogen-bond donors (Lipinski definition) is 3. The Morgan fingerprint density at radius 3 is 2.31 bits per heavy atom. The maximum Gasteiger partial charge on any atom is 0.488 e. The molecule has 0 atom stereocenters. The first-order chi connectivity index (χ1) is 6.00. The molecule has 0 aliphatic rings. The minimum absolute atomic E-state index is 0.0321. The van der Waals surface area contributed by atoms with Crippen LogP contribution >= 0.6 is 0 Å². The lowest BCUT2D eigenvalue weighted by atomic mass is 9.79. The minimum Gasteiger partial charge on any atom is -0.423 e. The molecule has 4 N–H and O–H groups in total. The summed E-state index contributed by atoms with van der Waals surface area (Å²) in [5.41, 5.74) is 5.01. The second-order valence-electron chi connectivity index (χ2n) is 2.61. The predicted molar refractivity (Wildman–Crippen MR) is 45.6 cm³/mol. The molecule has 0 unspecified atom stereocenters. The molecule has 0 saturated carbocycles. The molecule has 0 bridgehead atoms. The first-order valence-electron chi connectivity index (χ1n) is 3.55. The molecule has 6 heteroatoms. The molecule has 0 amide bonds. The van der Waals surface area contributed by atoms with Crippen LogP contribution in [0.1, 0.15) is 12.0 Å². The normalized spacial score (nSPS) is 10.5. The van der Waals surface area contributed by atoms with Gasteiger partial charge in [-0.1, -0.05) is 6.07 Å². The van der Waals surface area contributed by atoms with E-state index in [0.717, 1.165) is 12.1 Å². The van der Waals surface area contributed by atoms with Gasteiger partial charge >= 0.3 is 7.12 Å². The maximum absolute atomic E-state index is 12.2. The second-order valence-corrected chi connectivity index (χ2v) is 2.61. The van der Waals surface area contributed by atoms with E-state index in [2.05, 4.69) is 0 Å². The third kappa shape index (κ3) is 2.40. The summed E-state index contributed by atoms with van der Waals surface area (Å²) >= 11 is 0. The van der Waals surface area contributed by atoms with Crippen LogP contribution in [0.15, 0.2) is 18.2 Å². The number of hydrogen-bond acceptors (Lipinski definition) is 3. The largest absolute Gasteiger partial charge is 0.488 e. The summed E-state index contributed by atoms with van der Waals surface area (Å²) in [4.78, 5) is 0. The smallest absolute Gasteiger partial charge is 0.423 e. The molecular formula is C7H8BF2NO2. The number of nitrogen functional groups attached to an aromatic ring is 1. The standard InChI is InChI=1S/C7H8BF2NO2/c9-7(10)4-1-5(8(12)13)3-6(11)2-4/h1-3,7,12-13H,11H2. The quantitative estimate of drug-likeness (QED) is 0.446. The molecule has 0 aromatic heterocycles. The fourth-order valence-corrected chi connectivity index (χ4v) is 0.977. The van der Waals surface area contributed by atoms with Crippen LogP contribution < -0.4 is 11.2 Å². The molecule has 0 heterocycles. The van der Waals surface area contributed by atoms with Gasteiger partial charge in [0.25, 0.3) is 6.43 Å². The van der Waals surface area contributed by atoms with Crippen molar-refractivity contribution in [2.75, 3.05) is 5.73 Å². The van der Waals surface area contributed by atoms with Crippen molar-refractivity contribution in [3.63, 3.8) is 0 Å². The number of alkyl halides is 2. The summed E-state index contributed by atoms with van der Waals surface area (Å²) in [5, 5.41) is 17.4. The summed E-state index contributed by atoms with van der Waals surface area (Å²) in [6.07, 6.45) is -2.67. The van der Waals surface area contributed by atoms with E-state index in [1.54, 1.807) is 0 Å². The van der Waals surface area contributed by atoms with E-state index in [1.807, 2.05) is 0 Å². The Kier molecular flexibility index (Phi) is 2.85. The third-order valence-corrected chi connectivity index (χ3v) is 1.55. The van der Waals surface area contributed by atoms with Crippen molar-refractivity contribution in [3.05, 3.63) is 23.8 Å². The van der Waals surface area contributed by atoms with Gasteiger partial charge in [0.15, 0.2) is 0 Å². The number of rotatable bonds is 2. The summed E-state index contributed by atoms with van der Waals surface area (Å²) in [7, 11) is -1.78. The van der Waals surface area contributed by atoms with E-state index in [-0.39, 0.29) is 16.7 Å². The van der Waals surface area contributed by atoms with Gasteiger partial charge in [0.05, 0.1) is 0 Å². The lowest BCUT2D eigenvalue weighted by Gasteiger charge is -2.05. The fourth-order valence-electron chi connectivity index (χ4n) is 0.977. The minimum atomic E-state index is -2.67. The van der Waals surface area contributed by atoms with Gasteiger partial charge in [0.2, 0.25) is 0 Å². The second kappa shape index (κ2) is 3.72. The molecule has 0 fully saturated rings. The molecule has 0 radical (unpaired) electrons. The average Bonchev–Trinajstić information content (AvgIpc) is 2.03. The number of benzene rings is 1. The van der Waals surface area contributed by atoms with Gasteiger partial charge < -0.3 is 15.8 Å². The Morgan fingerprint density at radius 2 is 1.85 bits per heavy atom. The van der Waals surface area contributed by atoms with Crippen LogP contribution in [0, 0.1) is 0 Å². The summed E-state index contributed by atoms with van der Waals surface area (Å²) in [5.74, 6) is 0. The van der Waals surface area contributed by atoms with E-state index in [4.69, 9.17) is 15.8 Å². The summed E-state index contributed by atoms with van der Waals surface area (Å²) in [6, 6.07) is 3.33. The fraction of sp³-hybridized carbons (Fsp3) is 0.143. The molecule has 1 aromatic carbocycles. The number of halogens is 2.